The smallest absolute Gasteiger partial charge is 0.339 e. The Bertz CT molecular complexity index is 591. The fourth-order valence-corrected chi connectivity index (χ4v) is 2.27. The molecule has 0 spiro atoms. The maximum absolute atomic E-state index is 12.2. The highest BCUT2D eigenvalue weighted by atomic mass is 35.5. The fourth-order valence-electron chi connectivity index (χ4n) is 2.01. The first-order valence-electron chi connectivity index (χ1n) is 6.33. The first-order valence-corrected chi connectivity index (χ1v) is 6.71. The van der Waals surface area contributed by atoms with E-state index in [2.05, 4.69) is 10.6 Å². The number of carbonyl (C=O) groups excluding carboxylic acids is 2. The summed E-state index contributed by atoms with van der Waals surface area (Å²) < 4.78 is 0. The van der Waals surface area contributed by atoms with Gasteiger partial charge in [-0.2, -0.15) is 0 Å². The average molecular weight is 312 g/mol. The largest absolute Gasteiger partial charge is 0.478 e. The summed E-state index contributed by atoms with van der Waals surface area (Å²) in [7, 11) is 0. The van der Waals surface area contributed by atoms with E-state index in [9.17, 15) is 14.4 Å². The van der Waals surface area contributed by atoms with Crippen molar-refractivity contribution in [1.82, 2.24) is 10.2 Å². The Labute approximate surface area is 125 Å². The first-order chi connectivity index (χ1) is 9.99. The Balaban J connectivity index is 2.14. The van der Waals surface area contributed by atoms with Crippen molar-refractivity contribution in [3.05, 3.63) is 28.8 Å². The van der Waals surface area contributed by atoms with E-state index in [0.717, 1.165) is 0 Å². The summed E-state index contributed by atoms with van der Waals surface area (Å²) in [6, 6.07) is 4.00. The molecule has 1 fully saturated rings. The topological polar surface area (TPSA) is 98.7 Å². The van der Waals surface area contributed by atoms with E-state index in [0.29, 0.717) is 13.1 Å². The van der Waals surface area contributed by atoms with Gasteiger partial charge in [0.05, 0.1) is 10.7 Å². The predicted molar refractivity (Wildman–Crippen MR) is 76.6 cm³/mol. The van der Waals surface area contributed by atoms with Gasteiger partial charge in [-0.3, -0.25) is 4.79 Å². The number of halogens is 1. The van der Waals surface area contributed by atoms with Crippen molar-refractivity contribution in [2.24, 2.45) is 0 Å². The molecule has 0 saturated carbocycles. The Morgan fingerprint density at radius 1 is 1.33 bits per heavy atom. The molecule has 0 bridgehead atoms. The molecular weight excluding hydrogens is 298 g/mol. The number of hydrogen-bond acceptors (Lipinski definition) is 3. The molecule has 1 aromatic carbocycles. The Morgan fingerprint density at radius 3 is 2.81 bits per heavy atom. The summed E-state index contributed by atoms with van der Waals surface area (Å²) in [5.74, 6) is -1.33. The number of urea groups is 1. The molecule has 0 atom stereocenters. The van der Waals surface area contributed by atoms with Crippen molar-refractivity contribution in [3.8, 4) is 0 Å². The number of carbonyl (C=O) groups is 3. The van der Waals surface area contributed by atoms with E-state index in [1.54, 1.807) is 6.07 Å². The third kappa shape index (κ3) is 3.63. The third-order valence-corrected chi connectivity index (χ3v) is 3.38. The molecule has 0 unspecified atom stereocenters. The molecule has 1 aromatic rings. The number of rotatable bonds is 2. The van der Waals surface area contributed by atoms with Crippen LogP contribution < -0.4 is 10.6 Å². The van der Waals surface area contributed by atoms with E-state index in [4.69, 9.17) is 16.7 Å². The summed E-state index contributed by atoms with van der Waals surface area (Å²) in [4.78, 5) is 36.0. The lowest BCUT2D eigenvalue weighted by Gasteiger charge is -2.20. The third-order valence-electron chi connectivity index (χ3n) is 3.07. The van der Waals surface area contributed by atoms with Gasteiger partial charge in [0, 0.05) is 26.1 Å². The maximum Gasteiger partial charge on any atom is 0.339 e. The van der Waals surface area contributed by atoms with E-state index < -0.39 is 12.0 Å². The van der Waals surface area contributed by atoms with Crippen LogP contribution in [0.25, 0.3) is 0 Å². The second kappa shape index (κ2) is 6.45. The molecule has 1 saturated heterocycles. The number of nitrogens with zero attached hydrogens (tertiary/aromatic N) is 1. The number of amides is 3. The molecule has 0 aromatic heterocycles. The lowest BCUT2D eigenvalue weighted by atomic mass is 10.2. The standard InChI is InChI=1S/C13H14ClN3O4/c14-8-2-1-3-9(11(8)12(19)20)16-13(21)17-6-4-10(18)15-5-7-17/h1-3H,4-7H2,(H,15,18)(H,16,21)(H,19,20). The molecule has 3 amide bonds. The van der Waals surface area contributed by atoms with E-state index >= 15 is 0 Å². The fraction of sp³-hybridized carbons (Fsp3) is 0.308. The molecule has 1 aliphatic rings. The van der Waals surface area contributed by atoms with Gasteiger partial charge in [0.15, 0.2) is 0 Å². The molecule has 21 heavy (non-hydrogen) atoms. The zero-order chi connectivity index (χ0) is 15.4. The zero-order valence-corrected chi connectivity index (χ0v) is 11.8. The predicted octanol–water partition coefficient (Wildman–Crippen LogP) is 1.39. The van der Waals surface area contributed by atoms with Crippen molar-refractivity contribution < 1.29 is 19.5 Å². The van der Waals surface area contributed by atoms with Crippen LogP contribution in [0.3, 0.4) is 0 Å². The zero-order valence-electron chi connectivity index (χ0n) is 11.1. The van der Waals surface area contributed by atoms with E-state index in [1.165, 1.54) is 17.0 Å². The van der Waals surface area contributed by atoms with Gasteiger partial charge in [-0.1, -0.05) is 17.7 Å². The van der Waals surface area contributed by atoms with Crippen LogP contribution >= 0.6 is 11.6 Å². The van der Waals surface area contributed by atoms with Crippen LogP contribution in [-0.4, -0.2) is 47.5 Å². The van der Waals surface area contributed by atoms with Gasteiger partial charge in [0.2, 0.25) is 5.91 Å². The highest BCUT2D eigenvalue weighted by molar-refractivity contribution is 6.34. The molecule has 0 radical (unpaired) electrons. The lowest BCUT2D eigenvalue weighted by molar-refractivity contribution is -0.120. The number of carboxylic acids is 1. The first kappa shape index (κ1) is 15.1. The van der Waals surface area contributed by atoms with Crippen LogP contribution in [0.5, 0.6) is 0 Å². The van der Waals surface area contributed by atoms with Crippen LogP contribution in [0.15, 0.2) is 18.2 Å². The molecule has 1 heterocycles. The summed E-state index contributed by atoms with van der Waals surface area (Å²) in [5.41, 5.74) is -0.0277. The minimum Gasteiger partial charge on any atom is -0.478 e. The van der Waals surface area contributed by atoms with Crippen molar-refractivity contribution in [1.29, 1.82) is 0 Å². The van der Waals surface area contributed by atoms with Crippen molar-refractivity contribution in [3.63, 3.8) is 0 Å². The highest BCUT2D eigenvalue weighted by Gasteiger charge is 2.21. The quantitative estimate of drug-likeness (QED) is 0.768. The second-order valence-electron chi connectivity index (χ2n) is 4.48. The molecule has 3 N–H and O–H groups in total. The molecule has 0 aliphatic carbocycles. The van der Waals surface area contributed by atoms with Crippen LogP contribution in [-0.2, 0) is 4.79 Å². The summed E-state index contributed by atoms with van der Waals surface area (Å²) >= 11 is 5.84. The summed E-state index contributed by atoms with van der Waals surface area (Å²) in [5, 5.41) is 14.4. The summed E-state index contributed by atoms with van der Waals surface area (Å²) in [6.07, 6.45) is 0.217. The Morgan fingerprint density at radius 2 is 2.10 bits per heavy atom. The SMILES string of the molecule is O=C1CCN(C(=O)Nc2cccc(Cl)c2C(=O)O)CCN1. The molecule has 1 aliphatic heterocycles. The molecular formula is C13H14ClN3O4. The number of hydrogen-bond donors (Lipinski definition) is 3. The van der Waals surface area contributed by atoms with Crippen LogP contribution in [0, 0.1) is 0 Å². The van der Waals surface area contributed by atoms with Crippen LogP contribution in [0.4, 0.5) is 10.5 Å². The van der Waals surface area contributed by atoms with E-state index in [1.807, 2.05) is 0 Å². The molecule has 8 heteroatoms. The van der Waals surface area contributed by atoms with Gasteiger partial charge in [0.25, 0.3) is 0 Å². The Hall–Kier alpha value is -2.28. The van der Waals surface area contributed by atoms with Gasteiger partial charge in [-0.05, 0) is 12.1 Å². The molecule has 112 valence electrons. The van der Waals surface area contributed by atoms with E-state index in [-0.39, 0.29) is 35.1 Å². The number of benzene rings is 1. The summed E-state index contributed by atoms with van der Waals surface area (Å²) in [6.45, 7) is 1.01. The number of anilines is 1. The monoisotopic (exact) mass is 311 g/mol. The van der Waals surface area contributed by atoms with Gasteiger partial charge >= 0.3 is 12.0 Å². The number of aromatic carboxylic acids is 1. The number of carboxylic acid groups (broad SMARTS) is 1. The van der Waals surface area contributed by atoms with Gasteiger partial charge in [-0.25, -0.2) is 9.59 Å². The second-order valence-corrected chi connectivity index (χ2v) is 4.89. The molecule has 7 nitrogen and oxygen atoms in total. The Kier molecular flexibility index (Phi) is 4.64. The average Bonchev–Trinajstić information content (AvgIpc) is 2.63. The maximum atomic E-state index is 12.2. The van der Waals surface area contributed by atoms with Crippen LogP contribution in [0.2, 0.25) is 5.02 Å². The van der Waals surface area contributed by atoms with Crippen molar-refractivity contribution in [2.75, 3.05) is 25.0 Å². The normalized spacial score (nSPS) is 15.1. The van der Waals surface area contributed by atoms with Gasteiger partial charge < -0.3 is 20.6 Å². The lowest BCUT2D eigenvalue weighted by Crippen LogP contribution is -2.37. The highest BCUT2D eigenvalue weighted by Crippen LogP contribution is 2.24. The van der Waals surface area contributed by atoms with Crippen molar-refractivity contribution in [2.45, 2.75) is 6.42 Å². The van der Waals surface area contributed by atoms with Crippen molar-refractivity contribution >= 4 is 35.2 Å². The van der Waals surface area contributed by atoms with Gasteiger partial charge in [0.1, 0.15) is 5.56 Å². The molecule has 2 rings (SSSR count). The minimum atomic E-state index is -1.22. The van der Waals surface area contributed by atoms with Crippen LogP contribution in [0.1, 0.15) is 16.8 Å². The number of nitrogens with one attached hydrogen (secondary N) is 2. The minimum absolute atomic E-state index is 0.0491. The van der Waals surface area contributed by atoms with Gasteiger partial charge in [-0.15, -0.1) is 0 Å².